The fourth-order valence-electron chi connectivity index (χ4n) is 10.5. The number of nitrogens with zero attached hydrogens (tertiary/aromatic N) is 3. The second-order valence-electron chi connectivity index (χ2n) is 20.8. The summed E-state index contributed by atoms with van der Waals surface area (Å²) in [7, 11) is 0. The van der Waals surface area contributed by atoms with E-state index in [1.54, 1.807) is 32.1 Å². The summed E-state index contributed by atoms with van der Waals surface area (Å²) in [5, 5.41) is 32.4. The lowest BCUT2D eigenvalue weighted by atomic mass is 9.82. The van der Waals surface area contributed by atoms with E-state index in [2.05, 4.69) is 51.7 Å². The van der Waals surface area contributed by atoms with Crippen LogP contribution in [0, 0.1) is 18.8 Å². The first kappa shape index (κ1) is 51.3. The van der Waals surface area contributed by atoms with Crippen LogP contribution in [0.5, 0.6) is 11.5 Å². The highest BCUT2D eigenvalue weighted by molar-refractivity contribution is 6.34. The van der Waals surface area contributed by atoms with Gasteiger partial charge in [0.1, 0.15) is 35.4 Å². The van der Waals surface area contributed by atoms with Gasteiger partial charge in [-0.05, 0) is 75.8 Å². The summed E-state index contributed by atoms with van der Waals surface area (Å²) in [4.78, 5) is 79.7. The number of carbonyl (C=O) groups is 5. The van der Waals surface area contributed by atoms with E-state index < -0.39 is 65.2 Å². The number of amides is 2. The lowest BCUT2D eigenvalue weighted by Crippen LogP contribution is -2.50. The SMILES string of the molecule is C/C1=C/C=C/[C@H](C)CC[C@@H](O)C[C@H](OC(=O)CC(=O)NC2CCN(Cc3ccccc3)CC2)CC/C=C/OC2(C)Oc3c(C)c(O)c4c(c3C2=O)C2=NC3(CCN(CC(C)C)CC3)NC2=C(NC1=O)C4=O. The van der Waals surface area contributed by atoms with Gasteiger partial charge >= 0.3 is 11.8 Å². The molecule has 1 aliphatic carbocycles. The van der Waals surface area contributed by atoms with Crippen molar-refractivity contribution in [2.24, 2.45) is 16.8 Å². The summed E-state index contributed by atoms with van der Waals surface area (Å²) in [6.07, 6.45) is 10.7. The molecule has 2 amide bonds. The van der Waals surface area contributed by atoms with Gasteiger partial charge in [0.15, 0.2) is 0 Å². The number of carbonyl (C=O) groups excluding carboxylic acids is 5. The summed E-state index contributed by atoms with van der Waals surface area (Å²) >= 11 is 0. The Labute approximate surface area is 416 Å². The summed E-state index contributed by atoms with van der Waals surface area (Å²) in [5.41, 5.74) is 1.35. The molecule has 5 bridgehead atoms. The number of phenolic OH excluding ortho intramolecular Hbond substituents is 1. The number of piperidine rings is 2. The number of rotatable bonds is 8. The number of nitrogens with one attached hydrogen (secondary N) is 3. The van der Waals surface area contributed by atoms with Crippen molar-refractivity contribution in [3.63, 3.8) is 0 Å². The number of fused-ring (bicyclic) bond motifs is 13. The highest BCUT2D eigenvalue weighted by Gasteiger charge is 2.54. The molecule has 6 aliphatic heterocycles. The van der Waals surface area contributed by atoms with Gasteiger partial charge < -0.3 is 45.3 Å². The minimum atomic E-state index is -1.91. The molecule has 16 heteroatoms. The van der Waals surface area contributed by atoms with Gasteiger partial charge in [0, 0.05) is 88.2 Å². The third-order valence-electron chi connectivity index (χ3n) is 14.5. The Hall–Kier alpha value is -6.10. The van der Waals surface area contributed by atoms with Gasteiger partial charge in [-0.25, -0.2) is 0 Å². The normalized spacial score (nSPS) is 27.2. The van der Waals surface area contributed by atoms with Gasteiger partial charge in [0.05, 0.1) is 34.9 Å². The first-order valence-corrected chi connectivity index (χ1v) is 25.4. The quantitative estimate of drug-likeness (QED) is 0.143. The number of aliphatic hydroxyl groups is 1. The molecule has 1 unspecified atom stereocenters. The van der Waals surface area contributed by atoms with Crippen LogP contribution in [0.15, 0.2) is 82.9 Å². The molecule has 0 radical (unpaired) electrons. The molecular formula is C55H70N6O10. The van der Waals surface area contributed by atoms with Crippen molar-refractivity contribution in [3.05, 3.63) is 106 Å². The molecule has 2 aromatic carbocycles. The number of esters is 1. The zero-order valence-electron chi connectivity index (χ0n) is 42.0. The average Bonchev–Trinajstić information content (AvgIpc) is 3.83. The van der Waals surface area contributed by atoms with E-state index >= 15 is 0 Å². The van der Waals surface area contributed by atoms with Crippen molar-refractivity contribution in [2.75, 3.05) is 32.7 Å². The van der Waals surface area contributed by atoms with Crippen molar-refractivity contribution in [2.45, 2.75) is 142 Å². The fraction of sp³-hybridized carbons (Fsp3) is 0.527. The van der Waals surface area contributed by atoms with Gasteiger partial charge in [0.25, 0.3) is 11.7 Å². The van der Waals surface area contributed by atoms with Crippen LogP contribution in [0.2, 0.25) is 0 Å². The molecule has 2 saturated heterocycles. The van der Waals surface area contributed by atoms with Gasteiger partial charge in [0.2, 0.25) is 11.7 Å². The van der Waals surface area contributed by atoms with Gasteiger partial charge in [-0.1, -0.05) is 69.3 Å². The molecule has 16 nitrogen and oxygen atoms in total. The number of hydrogen-bond donors (Lipinski definition) is 5. The zero-order chi connectivity index (χ0) is 50.6. The zero-order valence-corrected chi connectivity index (χ0v) is 42.0. The molecule has 0 aromatic heterocycles. The molecule has 6 heterocycles. The minimum Gasteiger partial charge on any atom is -0.507 e. The summed E-state index contributed by atoms with van der Waals surface area (Å²) in [6.45, 7) is 15.9. The molecule has 71 heavy (non-hydrogen) atoms. The number of hydrogen-bond acceptors (Lipinski definition) is 14. The Morgan fingerprint density at radius 3 is 2.41 bits per heavy atom. The van der Waals surface area contributed by atoms with Crippen LogP contribution in [-0.2, 0) is 30.4 Å². The van der Waals surface area contributed by atoms with Gasteiger partial charge in [-0.2, -0.15) is 0 Å². The van der Waals surface area contributed by atoms with E-state index in [-0.39, 0.29) is 69.9 Å². The summed E-state index contributed by atoms with van der Waals surface area (Å²) in [6, 6.07) is 10.2. The molecule has 0 saturated carbocycles. The first-order valence-electron chi connectivity index (χ1n) is 25.4. The van der Waals surface area contributed by atoms with Crippen LogP contribution < -0.4 is 20.7 Å². The summed E-state index contributed by atoms with van der Waals surface area (Å²) < 4.78 is 18.2. The van der Waals surface area contributed by atoms with Crippen LogP contribution >= 0.6 is 0 Å². The highest BCUT2D eigenvalue weighted by atomic mass is 16.7. The lowest BCUT2D eigenvalue weighted by molar-refractivity contribution is -0.153. The van der Waals surface area contributed by atoms with Crippen LogP contribution in [0.4, 0.5) is 0 Å². The number of ether oxygens (including phenoxy) is 3. The Balaban J connectivity index is 1.01. The van der Waals surface area contributed by atoms with Crippen molar-refractivity contribution >= 4 is 35.1 Å². The predicted molar refractivity (Wildman–Crippen MR) is 267 cm³/mol. The molecule has 2 fully saturated rings. The van der Waals surface area contributed by atoms with E-state index in [0.29, 0.717) is 43.6 Å². The van der Waals surface area contributed by atoms with Crippen molar-refractivity contribution in [1.29, 1.82) is 0 Å². The molecule has 380 valence electrons. The Morgan fingerprint density at radius 1 is 0.958 bits per heavy atom. The van der Waals surface area contributed by atoms with Crippen LogP contribution in [0.3, 0.4) is 0 Å². The lowest BCUT2D eigenvalue weighted by Gasteiger charge is -2.38. The number of aliphatic hydroxyl groups excluding tert-OH is 1. The highest BCUT2D eigenvalue weighted by Crippen LogP contribution is 2.50. The van der Waals surface area contributed by atoms with E-state index in [9.17, 15) is 34.2 Å². The number of likely N-dealkylation sites (tertiary alicyclic amines) is 2. The molecule has 5 N–H and O–H groups in total. The number of benzene rings is 2. The Morgan fingerprint density at radius 2 is 1.69 bits per heavy atom. The van der Waals surface area contributed by atoms with Crippen LogP contribution in [0.25, 0.3) is 0 Å². The number of ketones is 2. The van der Waals surface area contributed by atoms with Gasteiger partial charge in [-0.3, -0.25) is 33.9 Å². The van der Waals surface area contributed by atoms with E-state index in [1.807, 2.05) is 31.2 Å². The third-order valence-corrected chi connectivity index (χ3v) is 14.5. The Kier molecular flexibility index (Phi) is 15.7. The Bertz CT molecular complexity index is 2550. The standard InChI is InChI=1S/C55H70N6O10/c1-33(2)31-61-26-22-55(23-27-61)58-46-43-44-49(65)36(5)51-45(43)52(67)54(6,71-51)69-28-11-10-17-40(70-42(64)30-41(63)56-38-20-24-60(25-21-38)32-37-15-8-7-9-16-37)29-39(62)19-18-34(3)13-12-14-35(4)53(68)57-48(50(44)66)47(46)59-55/h7-9,11-16,28,33-34,38-40,59,62,65H,10,17-27,29-32H2,1-6H3,(H,56,63)(H,57,68)/b13-12+,28-11+,35-14-/t34-,39+,40+,54?/m0/s1. The summed E-state index contributed by atoms with van der Waals surface area (Å²) in [5.74, 6) is -4.69. The van der Waals surface area contributed by atoms with E-state index in [1.165, 1.54) is 18.7 Å². The number of allylic oxidation sites excluding steroid dienone is 6. The molecule has 7 aliphatic rings. The van der Waals surface area contributed by atoms with Crippen molar-refractivity contribution in [3.8, 4) is 11.5 Å². The maximum absolute atomic E-state index is 14.7. The van der Waals surface area contributed by atoms with Crippen LogP contribution in [-0.4, -0.2) is 117 Å². The van der Waals surface area contributed by atoms with Crippen molar-refractivity contribution < 1.29 is 48.4 Å². The second-order valence-corrected chi connectivity index (χ2v) is 20.8. The minimum absolute atomic E-state index is 0.00210. The van der Waals surface area contributed by atoms with Crippen molar-refractivity contribution in [1.82, 2.24) is 25.8 Å². The predicted octanol–water partition coefficient (Wildman–Crippen LogP) is 6.43. The number of aliphatic imine (C=N–C) groups is 1. The average molecular weight is 975 g/mol. The maximum atomic E-state index is 14.7. The smallest absolute Gasteiger partial charge is 0.315 e. The number of aromatic hydroxyl groups is 1. The fourth-order valence-corrected chi connectivity index (χ4v) is 10.5. The second kappa shape index (κ2) is 21.7. The molecule has 4 atom stereocenters. The topological polar surface area (TPSA) is 208 Å². The number of phenols is 1. The molecular weight excluding hydrogens is 905 g/mol. The van der Waals surface area contributed by atoms with Gasteiger partial charge in [-0.15, -0.1) is 0 Å². The number of Topliss-reactive ketones (excluding diaryl/α,β-unsaturated/α-hetero) is 2. The molecule has 9 rings (SSSR count). The largest absolute Gasteiger partial charge is 0.507 e. The van der Waals surface area contributed by atoms with Crippen LogP contribution in [0.1, 0.15) is 136 Å². The molecule has 1 spiro atoms. The third kappa shape index (κ3) is 11.7. The maximum Gasteiger partial charge on any atom is 0.315 e. The van der Waals surface area contributed by atoms with E-state index in [4.69, 9.17) is 19.2 Å². The first-order chi connectivity index (χ1) is 33.9. The monoisotopic (exact) mass is 975 g/mol. The molecule has 2 aromatic rings. The van der Waals surface area contributed by atoms with E-state index in [0.717, 1.165) is 52.1 Å².